The lowest BCUT2D eigenvalue weighted by Gasteiger charge is -2.33. The molecule has 18 heavy (non-hydrogen) atoms. The fourth-order valence-corrected chi connectivity index (χ4v) is 2.79. The van der Waals surface area contributed by atoms with Crippen LogP contribution in [-0.4, -0.2) is 37.7 Å². The molecule has 1 heterocycles. The van der Waals surface area contributed by atoms with Gasteiger partial charge >= 0.3 is 0 Å². The largest absolute Gasteiger partial charge is 0.380 e. The predicted octanol–water partition coefficient (Wildman–Crippen LogP) is 1.97. The first kappa shape index (κ1) is 13.5. The summed E-state index contributed by atoms with van der Waals surface area (Å²) in [6, 6.07) is 9.43. The molecule has 2 unspecified atom stereocenters. The van der Waals surface area contributed by atoms with E-state index in [1.807, 2.05) is 0 Å². The van der Waals surface area contributed by atoms with Gasteiger partial charge in [0.25, 0.3) is 0 Å². The maximum Gasteiger partial charge on any atom is 0.0622 e. The van der Waals surface area contributed by atoms with Crippen molar-refractivity contribution in [2.75, 3.05) is 26.8 Å². The van der Waals surface area contributed by atoms with Crippen molar-refractivity contribution in [1.29, 1.82) is 0 Å². The number of rotatable bonds is 5. The monoisotopic (exact) mass is 248 g/mol. The molecule has 0 radical (unpaired) electrons. The third-order valence-corrected chi connectivity index (χ3v) is 3.99. The van der Waals surface area contributed by atoms with Gasteiger partial charge in [-0.3, -0.25) is 4.90 Å². The molecule has 3 nitrogen and oxygen atoms in total. The number of aryl methyl sites for hydroxylation is 1. The second kappa shape index (κ2) is 6.32. The van der Waals surface area contributed by atoms with Crippen LogP contribution in [0.1, 0.15) is 30.5 Å². The standard InChI is InChI=1S/C15H24N2O/c1-3-12-6-4-5-7-14(12)15(10-16)17(2)13-8-9-18-11-13/h4-7,13,15H,3,8-11,16H2,1-2H3. The van der Waals surface area contributed by atoms with Crippen molar-refractivity contribution in [2.45, 2.75) is 31.8 Å². The minimum absolute atomic E-state index is 0.299. The van der Waals surface area contributed by atoms with Crippen LogP contribution in [0.25, 0.3) is 0 Å². The van der Waals surface area contributed by atoms with Crippen molar-refractivity contribution in [2.24, 2.45) is 5.73 Å². The highest BCUT2D eigenvalue weighted by Crippen LogP contribution is 2.26. The molecule has 1 aliphatic heterocycles. The molecule has 0 aliphatic carbocycles. The summed E-state index contributed by atoms with van der Waals surface area (Å²) < 4.78 is 5.48. The van der Waals surface area contributed by atoms with E-state index in [2.05, 4.69) is 43.1 Å². The van der Waals surface area contributed by atoms with E-state index in [0.717, 1.165) is 26.1 Å². The molecule has 0 amide bonds. The minimum Gasteiger partial charge on any atom is -0.380 e. The summed E-state index contributed by atoms with van der Waals surface area (Å²) in [5, 5.41) is 0. The van der Waals surface area contributed by atoms with Crippen molar-refractivity contribution >= 4 is 0 Å². The first-order chi connectivity index (χ1) is 8.77. The smallest absolute Gasteiger partial charge is 0.0622 e. The van der Waals surface area contributed by atoms with E-state index in [1.165, 1.54) is 11.1 Å². The Hall–Kier alpha value is -0.900. The molecule has 0 spiro atoms. The Morgan fingerprint density at radius 1 is 1.44 bits per heavy atom. The Morgan fingerprint density at radius 2 is 2.22 bits per heavy atom. The van der Waals surface area contributed by atoms with Gasteiger partial charge in [-0.15, -0.1) is 0 Å². The van der Waals surface area contributed by atoms with Crippen molar-refractivity contribution in [1.82, 2.24) is 4.90 Å². The Morgan fingerprint density at radius 3 is 2.83 bits per heavy atom. The normalized spacial score (nSPS) is 21.4. The van der Waals surface area contributed by atoms with Crippen LogP contribution >= 0.6 is 0 Å². The molecule has 1 fully saturated rings. The molecule has 1 aromatic carbocycles. The predicted molar refractivity (Wildman–Crippen MR) is 74.6 cm³/mol. The molecule has 2 atom stereocenters. The highest BCUT2D eigenvalue weighted by molar-refractivity contribution is 5.30. The first-order valence-electron chi connectivity index (χ1n) is 6.85. The Kier molecular flexibility index (Phi) is 4.75. The van der Waals surface area contributed by atoms with Crippen molar-refractivity contribution in [3.05, 3.63) is 35.4 Å². The van der Waals surface area contributed by atoms with E-state index in [-0.39, 0.29) is 0 Å². The van der Waals surface area contributed by atoms with E-state index < -0.39 is 0 Å². The van der Waals surface area contributed by atoms with Crippen LogP contribution < -0.4 is 5.73 Å². The van der Waals surface area contributed by atoms with E-state index in [4.69, 9.17) is 10.5 Å². The van der Waals surface area contributed by atoms with E-state index in [0.29, 0.717) is 18.6 Å². The Bertz CT molecular complexity index is 375. The van der Waals surface area contributed by atoms with Gasteiger partial charge in [-0.05, 0) is 31.0 Å². The fraction of sp³-hybridized carbons (Fsp3) is 0.600. The molecule has 1 aliphatic rings. The molecule has 3 heteroatoms. The van der Waals surface area contributed by atoms with Gasteiger partial charge < -0.3 is 10.5 Å². The highest BCUT2D eigenvalue weighted by Gasteiger charge is 2.27. The summed E-state index contributed by atoms with van der Waals surface area (Å²) in [5.74, 6) is 0. The average Bonchev–Trinajstić information content (AvgIpc) is 2.94. The molecule has 0 bridgehead atoms. The Balaban J connectivity index is 2.21. The number of hydrogen-bond acceptors (Lipinski definition) is 3. The lowest BCUT2D eigenvalue weighted by molar-refractivity contribution is 0.134. The van der Waals surface area contributed by atoms with Crippen molar-refractivity contribution in [3.63, 3.8) is 0 Å². The topological polar surface area (TPSA) is 38.5 Å². The first-order valence-corrected chi connectivity index (χ1v) is 6.85. The molecule has 1 aromatic rings. The highest BCUT2D eigenvalue weighted by atomic mass is 16.5. The maximum absolute atomic E-state index is 6.01. The van der Waals surface area contributed by atoms with Crippen LogP contribution in [0.15, 0.2) is 24.3 Å². The number of likely N-dealkylation sites (N-methyl/N-ethyl adjacent to an activating group) is 1. The number of ether oxygens (including phenoxy) is 1. The molecule has 2 rings (SSSR count). The zero-order chi connectivity index (χ0) is 13.0. The lowest BCUT2D eigenvalue weighted by Crippen LogP contribution is -2.39. The average molecular weight is 248 g/mol. The fourth-order valence-electron chi connectivity index (χ4n) is 2.79. The third-order valence-electron chi connectivity index (χ3n) is 3.99. The van der Waals surface area contributed by atoms with E-state index >= 15 is 0 Å². The summed E-state index contributed by atoms with van der Waals surface area (Å²) in [4.78, 5) is 2.39. The number of hydrogen-bond donors (Lipinski definition) is 1. The molecule has 2 N–H and O–H groups in total. The maximum atomic E-state index is 6.01. The van der Waals surface area contributed by atoms with E-state index in [9.17, 15) is 0 Å². The summed E-state index contributed by atoms with van der Waals surface area (Å²) in [5.41, 5.74) is 8.79. The van der Waals surface area contributed by atoms with Gasteiger partial charge in [-0.2, -0.15) is 0 Å². The van der Waals surface area contributed by atoms with Crippen LogP contribution in [0.5, 0.6) is 0 Å². The van der Waals surface area contributed by atoms with Crippen LogP contribution in [0, 0.1) is 0 Å². The summed E-state index contributed by atoms with van der Waals surface area (Å²) >= 11 is 0. The van der Waals surface area contributed by atoms with Crippen LogP contribution in [0.3, 0.4) is 0 Å². The van der Waals surface area contributed by atoms with Gasteiger partial charge in [0, 0.05) is 25.2 Å². The zero-order valence-electron chi connectivity index (χ0n) is 11.4. The van der Waals surface area contributed by atoms with Gasteiger partial charge in [0.1, 0.15) is 0 Å². The second-order valence-corrected chi connectivity index (χ2v) is 4.99. The third kappa shape index (κ3) is 2.74. The number of nitrogens with two attached hydrogens (primary N) is 1. The van der Waals surface area contributed by atoms with Gasteiger partial charge in [-0.25, -0.2) is 0 Å². The van der Waals surface area contributed by atoms with Crippen LogP contribution in [-0.2, 0) is 11.2 Å². The molecular weight excluding hydrogens is 224 g/mol. The molecule has 0 saturated carbocycles. The SMILES string of the molecule is CCc1ccccc1C(CN)N(C)C1CCOC1. The molecular formula is C15H24N2O. The molecule has 1 saturated heterocycles. The second-order valence-electron chi connectivity index (χ2n) is 4.99. The van der Waals surface area contributed by atoms with Gasteiger partial charge in [0.2, 0.25) is 0 Å². The number of nitrogens with zero attached hydrogens (tertiary/aromatic N) is 1. The number of benzene rings is 1. The summed E-state index contributed by atoms with van der Waals surface area (Å²) in [6.45, 7) is 4.57. The van der Waals surface area contributed by atoms with Gasteiger partial charge in [0.15, 0.2) is 0 Å². The lowest BCUT2D eigenvalue weighted by atomic mass is 9.96. The zero-order valence-corrected chi connectivity index (χ0v) is 11.4. The minimum atomic E-state index is 0.299. The van der Waals surface area contributed by atoms with Crippen LogP contribution in [0.2, 0.25) is 0 Å². The molecule has 0 aromatic heterocycles. The molecule has 100 valence electrons. The van der Waals surface area contributed by atoms with Crippen molar-refractivity contribution in [3.8, 4) is 0 Å². The van der Waals surface area contributed by atoms with E-state index in [1.54, 1.807) is 0 Å². The summed E-state index contributed by atoms with van der Waals surface area (Å²) in [7, 11) is 2.17. The quantitative estimate of drug-likeness (QED) is 0.866. The summed E-state index contributed by atoms with van der Waals surface area (Å²) in [6.07, 6.45) is 2.17. The Labute approximate surface area is 110 Å². The van der Waals surface area contributed by atoms with Crippen molar-refractivity contribution < 1.29 is 4.74 Å². The van der Waals surface area contributed by atoms with Crippen LogP contribution in [0.4, 0.5) is 0 Å². The van der Waals surface area contributed by atoms with Gasteiger partial charge in [0.05, 0.1) is 6.61 Å². The van der Waals surface area contributed by atoms with Gasteiger partial charge in [-0.1, -0.05) is 31.2 Å².